The monoisotopic (exact) mass is 759 g/mol. The summed E-state index contributed by atoms with van der Waals surface area (Å²) in [5, 5.41) is 9.15. The Labute approximate surface area is 304 Å². The lowest BCUT2D eigenvalue weighted by Gasteiger charge is -2.34. The maximum absolute atomic E-state index is 17.2. The van der Waals surface area contributed by atoms with Gasteiger partial charge in [-0.1, -0.05) is 12.6 Å². The summed E-state index contributed by atoms with van der Waals surface area (Å²) in [5.74, 6) is -2.73. The first-order chi connectivity index (χ1) is 25.2. The third kappa shape index (κ3) is 6.10. The number of aromatic nitrogens is 2. The van der Waals surface area contributed by atoms with Gasteiger partial charge in [-0.15, -0.1) is 11.3 Å². The lowest BCUT2D eigenvalue weighted by atomic mass is 9.92. The number of amides is 1. The minimum absolute atomic E-state index is 0.0488. The van der Waals surface area contributed by atoms with Crippen molar-refractivity contribution >= 4 is 49.1 Å². The lowest BCUT2D eigenvalue weighted by molar-refractivity contribution is -0.137. The van der Waals surface area contributed by atoms with Crippen LogP contribution >= 0.6 is 11.3 Å². The Morgan fingerprint density at radius 2 is 2.06 bits per heavy atom. The van der Waals surface area contributed by atoms with Gasteiger partial charge in [-0.2, -0.15) is 28.4 Å². The van der Waals surface area contributed by atoms with Gasteiger partial charge in [-0.3, -0.25) is 9.69 Å². The molecule has 0 spiro atoms. The smallest absolute Gasteiger partial charge is 0.417 e. The van der Waals surface area contributed by atoms with Gasteiger partial charge in [-0.25, -0.2) is 13.2 Å². The number of nitrogen functional groups attached to an aromatic ring is 1. The lowest BCUT2D eigenvalue weighted by Crippen LogP contribution is -2.48. The van der Waals surface area contributed by atoms with Crippen LogP contribution in [-0.2, 0) is 15.7 Å². The first-order valence-corrected chi connectivity index (χ1v) is 17.7. The Bertz CT molecular complexity index is 2170. The average molecular weight is 760 g/mol. The summed E-state index contributed by atoms with van der Waals surface area (Å²) in [4.78, 5) is 26.7. The van der Waals surface area contributed by atoms with E-state index in [1.165, 1.54) is 7.11 Å². The van der Waals surface area contributed by atoms with Crippen molar-refractivity contribution in [1.29, 1.82) is 5.26 Å². The average Bonchev–Trinajstić information content (AvgIpc) is 3.87. The van der Waals surface area contributed by atoms with Crippen LogP contribution in [-0.4, -0.2) is 96.5 Å². The Morgan fingerprint density at radius 1 is 1.28 bits per heavy atom. The van der Waals surface area contributed by atoms with Gasteiger partial charge in [0.2, 0.25) is 5.91 Å². The molecule has 4 aromatic rings. The van der Waals surface area contributed by atoms with Crippen LogP contribution in [0.4, 0.5) is 37.2 Å². The first-order valence-electron chi connectivity index (χ1n) is 16.9. The largest absolute Gasteiger partial charge is 0.461 e. The van der Waals surface area contributed by atoms with Gasteiger partial charge in [0.25, 0.3) is 0 Å². The van der Waals surface area contributed by atoms with Crippen molar-refractivity contribution in [1.82, 2.24) is 19.8 Å². The molecule has 10 nitrogen and oxygen atoms in total. The molecule has 1 amide bonds. The number of likely N-dealkylation sites (tertiary alicyclic amines) is 1. The standard InChI is InChI=1S/C36H35F6N7O3S/c1-4-26(50)49-11-8-24(25(49)16-51-3)47(2)33-20-12-22(36(40,41)42)28(19-6-7-23(38)31-27(19)21(14-43)32(44)53-31)29(39)30(20)45-34(46-33)52-17-35-9-5-10-48(35)15-18(37)13-35/h4,6-7,12,18,24-25H,1,5,8-11,13,15-17,44H2,2-3H3. The zero-order valence-corrected chi connectivity index (χ0v) is 29.6. The van der Waals surface area contributed by atoms with Crippen LogP contribution in [0.5, 0.6) is 6.01 Å². The molecule has 0 bridgehead atoms. The number of alkyl halides is 4. The number of fused-ring (bicyclic) bond motifs is 3. The molecule has 2 aromatic carbocycles. The van der Waals surface area contributed by atoms with Crippen molar-refractivity contribution < 1.29 is 40.6 Å². The van der Waals surface area contributed by atoms with Gasteiger partial charge in [0.1, 0.15) is 41.0 Å². The number of ether oxygens (including phenoxy) is 2. The van der Waals surface area contributed by atoms with E-state index in [4.69, 9.17) is 15.2 Å². The second-order valence-electron chi connectivity index (χ2n) is 13.7. The minimum Gasteiger partial charge on any atom is -0.461 e. The number of nitrogens with zero attached hydrogens (tertiary/aromatic N) is 6. The molecule has 0 radical (unpaired) electrons. The maximum atomic E-state index is 17.2. The Morgan fingerprint density at radius 3 is 2.75 bits per heavy atom. The number of benzene rings is 2. The number of nitriles is 1. The highest BCUT2D eigenvalue weighted by atomic mass is 32.1. The van der Waals surface area contributed by atoms with Crippen LogP contribution in [0.2, 0.25) is 0 Å². The molecule has 5 heterocycles. The number of nitrogens with two attached hydrogens (primary N) is 1. The topological polar surface area (TPSA) is 121 Å². The molecule has 4 atom stereocenters. The minimum atomic E-state index is -5.15. The number of halogens is 6. The molecule has 4 unspecified atom stereocenters. The van der Waals surface area contributed by atoms with Crippen molar-refractivity contribution in [2.45, 2.75) is 55.7 Å². The highest BCUT2D eigenvalue weighted by Gasteiger charge is 2.50. The second-order valence-corrected chi connectivity index (χ2v) is 14.7. The molecule has 3 aliphatic heterocycles. The highest BCUT2D eigenvalue weighted by molar-refractivity contribution is 7.23. The van der Waals surface area contributed by atoms with Crippen molar-refractivity contribution in [2.24, 2.45) is 0 Å². The van der Waals surface area contributed by atoms with Crippen molar-refractivity contribution in [3.63, 3.8) is 0 Å². The van der Waals surface area contributed by atoms with E-state index in [1.54, 1.807) is 16.8 Å². The van der Waals surface area contributed by atoms with E-state index in [0.29, 0.717) is 30.7 Å². The van der Waals surface area contributed by atoms with E-state index in [2.05, 4.69) is 16.5 Å². The number of likely N-dealkylation sites (N-methyl/N-ethyl adjacent to an activating group) is 1. The SMILES string of the molecule is C=CC(=O)N1CCC(N(C)c2nc(OCC34CCCN3CC(F)C4)nc3c(F)c(-c4ccc(F)c5sc(N)c(C#N)c45)c(C(F)(F)F)cc23)C1COC. The zero-order chi connectivity index (χ0) is 38.0. The van der Waals surface area contributed by atoms with Crippen molar-refractivity contribution in [2.75, 3.05) is 57.6 Å². The molecule has 2 aromatic heterocycles. The fraction of sp³-hybridized carbons (Fsp3) is 0.444. The van der Waals surface area contributed by atoms with E-state index in [-0.39, 0.29) is 76.5 Å². The fourth-order valence-electron chi connectivity index (χ4n) is 8.38. The number of carbonyl (C=O) groups excluding carboxylic acids is 1. The summed E-state index contributed by atoms with van der Waals surface area (Å²) in [6, 6.07) is 2.93. The van der Waals surface area contributed by atoms with Crippen LogP contribution in [0.1, 0.15) is 36.8 Å². The van der Waals surface area contributed by atoms with Gasteiger partial charge in [0.15, 0.2) is 5.82 Å². The molecule has 7 rings (SSSR count). The third-order valence-corrected chi connectivity index (χ3v) is 11.8. The predicted molar refractivity (Wildman–Crippen MR) is 187 cm³/mol. The molecular weight excluding hydrogens is 724 g/mol. The molecule has 2 N–H and O–H groups in total. The number of hydrogen-bond donors (Lipinski definition) is 1. The van der Waals surface area contributed by atoms with E-state index in [9.17, 15) is 18.8 Å². The van der Waals surface area contributed by atoms with E-state index in [0.717, 1.165) is 30.7 Å². The molecule has 3 fully saturated rings. The number of methoxy groups -OCH3 is 1. The Balaban J connectivity index is 1.45. The van der Waals surface area contributed by atoms with Gasteiger partial charge in [0.05, 0.1) is 40.1 Å². The summed E-state index contributed by atoms with van der Waals surface area (Å²) in [6.07, 6.45) is -3.05. The second kappa shape index (κ2) is 13.6. The highest BCUT2D eigenvalue weighted by Crippen LogP contribution is 2.48. The maximum Gasteiger partial charge on any atom is 0.417 e. The normalized spacial score (nSPS) is 23.2. The summed E-state index contributed by atoms with van der Waals surface area (Å²) in [5.41, 5.74) is 1.72. The molecule has 53 heavy (non-hydrogen) atoms. The molecule has 0 aliphatic carbocycles. The van der Waals surface area contributed by atoms with Gasteiger partial charge in [-0.05, 0) is 49.6 Å². The predicted octanol–water partition coefficient (Wildman–Crippen LogP) is 6.46. The van der Waals surface area contributed by atoms with E-state index >= 15 is 17.6 Å². The van der Waals surface area contributed by atoms with Gasteiger partial charge >= 0.3 is 12.2 Å². The van der Waals surface area contributed by atoms with Gasteiger partial charge < -0.3 is 25.0 Å². The quantitative estimate of drug-likeness (QED) is 0.152. The van der Waals surface area contributed by atoms with Crippen LogP contribution in [0.3, 0.4) is 0 Å². The fourth-order valence-corrected chi connectivity index (χ4v) is 9.33. The summed E-state index contributed by atoms with van der Waals surface area (Å²) in [7, 11) is 3.02. The molecule has 3 aliphatic rings. The van der Waals surface area contributed by atoms with Crippen LogP contribution in [0.25, 0.3) is 32.1 Å². The number of rotatable bonds is 9. The van der Waals surface area contributed by atoms with Crippen molar-refractivity contribution in [3.8, 4) is 23.2 Å². The zero-order valence-electron chi connectivity index (χ0n) is 28.8. The third-order valence-electron chi connectivity index (χ3n) is 10.8. The van der Waals surface area contributed by atoms with E-state index in [1.807, 2.05) is 11.0 Å². The number of anilines is 2. The molecule has 17 heteroatoms. The van der Waals surface area contributed by atoms with Crippen LogP contribution < -0.4 is 15.4 Å². The van der Waals surface area contributed by atoms with Crippen LogP contribution in [0, 0.1) is 23.0 Å². The molecule has 280 valence electrons. The van der Waals surface area contributed by atoms with Crippen molar-refractivity contribution in [3.05, 3.63) is 53.6 Å². The summed E-state index contributed by atoms with van der Waals surface area (Å²) in [6.45, 7) is 4.77. The first kappa shape index (κ1) is 36.7. The molecular formula is C36H35F6N7O3S. The van der Waals surface area contributed by atoms with Gasteiger partial charge in [0, 0.05) is 50.0 Å². The summed E-state index contributed by atoms with van der Waals surface area (Å²) >= 11 is 0.667. The number of carbonyl (C=O) groups is 1. The number of thiophene rings is 1. The molecule has 3 saturated heterocycles. The Hall–Kier alpha value is -4.66. The Kier molecular flexibility index (Phi) is 9.44. The van der Waals surface area contributed by atoms with Crippen LogP contribution in [0.15, 0.2) is 30.9 Å². The van der Waals surface area contributed by atoms with E-state index < -0.39 is 63.8 Å². The number of hydrogen-bond acceptors (Lipinski definition) is 10. The summed E-state index contributed by atoms with van der Waals surface area (Å²) < 4.78 is 103. The molecule has 0 saturated carbocycles.